The van der Waals surface area contributed by atoms with Crippen molar-refractivity contribution in [3.8, 4) is 11.5 Å². The maximum absolute atomic E-state index is 13.3. The van der Waals surface area contributed by atoms with Gasteiger partial charge in [0.05, 0.1) is 31.6 Å². The van der Waals surface area contributed by atoms with Gasteiger partial charge in [0.15, 0.2) is 17.3 Å². The van der Waals surface area contributed by atoms with Crippen molar-refractivity contribution in [2.45, 2.75) is 46.6 Å². The molecule has 0 fully saturated rings. The van der Waals surface area contributed by atoms with Crippen molar-refractivity contribution in [2.75, 3.05) is 24.9 Å². The molecule has 1 heterocycles. The molecule has 1 unspecified atom stereocenters. The normalized spacial score (nSPS) is 19.8. The summed E-state index contributed by atoms with van der Waals surface area (Å²) in [7, 11) is 3.25. The number of carbonyl (C=O) groups is 1. The number of Topliss-reactive ketones (excluding diaryl/α,β-unsaturated/α-hetero) is 1. The Labute approximate surface area is 178 Å². The maximum Gasteiger partial charge on any atom is 0.163 e. The first-order valence-electron chi connectivity index (χ1n) is 10.4. The van der Waals surface area contributed by atoms with Crippen molar-refractivity contribution >= 4 is 17.2 Å². The summed E-state index contributed by atoms with van der Waals surface area (Å²) in [6.45, 7) is 8.53. The number of anilines is 2. The Hall–Kier alpha value is -2.95. The molecule has 1 aliphatic heterocycles. The molecule has 1 aliphatic carbocycles. The van der Waals surface area contributed by atoms with E-state index in [2.05, 4.69) is 50.5 Å². The molecule has 2 aromatic rings. The summed E-state index contributed by atoms with van der Waals surface area (Å²) < 4.78 is 10.9. The molecule has 5 nitrogen and oxygen atoms in total. The number of benzene rings is 2. The van der Waals surface area contributed by atoms with Gasteiger partial charge in [-0.1, -0.05) is 19.9 Å². The molecule has 4 rings (SSSR count). The fraction of sp³-hybridized carbons (Fsp3) is 0.400. The quantitative estimate of drug-likeness (QED) is 0.701. The summed E-state index contributed by atoms with van der Waals surface area (Å²) >= 11 is 0. The fourth-order valence-electron chi connectivity index (χ4n) is 4.49. The van der Waals surface area contributed by atoms with Crippen molar-refractivity contribution in [3.05, 3.63) is 58.3 Å². The summed E-state index contributed by atoms with van der Waals surface area (Å²) in [6, 6.07) is 9.90. The van der Waals surface area contributed by atoms with Crippen molar-refractivity contribution in [3.63, 3.8) is 0 Å². The van der Waals surface area contributed by atoms with Gasteiger partial charge in [0, 0.05) is 17.7 Å². The number of hydrogen-bond acceptors (Lipinski definition) is 5. The Balaban J connectivity index is 1.90. The molecule has 2 aliphatic rings. The summed E-state index contributed by atoms with van der Waals surface area (Å²) in [5, 5.41) is 7.26. The number of fused-ring (bicyclic) bond motifs is 1. The maximum atomic E-state index is 13.3. The highest BCUT2D eigenvalue weighted by Crippen LogP contribution is 2.46. The van der Waals surface area contributed by atoms with E-state index in [0.29, 0.717) is 17.9 Å². The van der Waals surface area contributed by atoms with Crippen molar-refractivity contribution in [1.29, 1.82) is 0 Å². The van der Waals surface area contributed by atoms with Crippen molar-refractivity contribution < 1.29 is 14.3 Å². The smallest absolute Gasteiger partial charge is 0.163 e. The minimum Gasteiger partial charge on any atom is -0.493 e. The van der Waals surface area contributed by atoms with E-state index in [1.165, 1.54) is 11.1 Å². The molecule has 5 heteroatoms. The number of aryl methyl sites for hydroxylation is 2. The third-order valence-electron chi connectivity index (χ3n) is 6.17. The molecular weight excluding hydrogens is 376 g/mol. The number of allylic oxidation sites excluding steroid dienone is 1. The fourth-order valence-corrected chi connectivity index (χ4v) is 4.49. The van der Waals surface area contributed by atoms with E-state index in [1.54, 1.807) is 14.2 Å². The van der Waals surface area contributed by atoms with Gasteiger partial charge in [0.25, 0.3) is 0 Å². The number of hydrogen-bond donors (Lipinski definition) is 2. The molecule has 158 valence electrons. The Morgan fingerprint density at radius 1 is 0.933 bits per heavy atom. The summed E-state index contributed by atoms with van der Waals surface area (Å²) in [6.07, 6.45) is 1.36. The van der Waals surface area contributed by atoms with E-state index >= 15 is 0 Å². The van der Waals surface area contributed by atoms with E-state index in [1.807, 2.05) is 18.2 Å². The number of nitrogens with one attached hydrogen (secondary N) is 2. The van der Waals surface area contributed by atoms with Crippen LogP contribution in [0.15, 0.2) is 41.6 Å². The van der Waals surface area contributed by atoms with Crippen LogP contribution in [0.5, 0.6) is 11.5 Å². The highest BCUT2D eigenvalue weighted by Gasteiger charge is 2.39. The summed E-state index contributed by atoms with van der Waals surface area (Å²) in [4.78, 5) is 13.3. The van der Waals surface area contributed by atoms with Gasteiger partial charge >= 0.3 is 0 Å². The second-order valence-corrected chi connectivity index (χ2v) is 9.13. The second-order valence-electron chi connectivity index (χ2n) is 9.13. The molecule has 0 bridgehead atoms. The van der Waals surface area contributed by atoms with E-state index in [0.717, 1.165) is 34.6 Å². The number of rotatable bonds is 3. The highest BCUT2D eigenvalue weighted by atomic mass is 16.5. The van der Waals surface area contributed by atoms with Crippen LogP contribution < -0.4 is 20.1 Å². The predicted octanol–water partition coefficient (Wildman–Crippen LogP) is 5.54. The minimum atomic E-state index is -0.265. The van der Waals surface area contributed by atoms with Crippen molar-refractivity contribution in [2.24, 2.45) is 5.41 Å². The number of ketones is 1. The molecule has 2 aromatic carbocycles. The molecule has 1 atom stereocenters. The van der Waals surface area contributed by atoms with Crippen LogP contribution in [0.25, 0.3) is 0 Å². The zero-order chi connectivity index (χ0) is 21.6. The molecule has 0 saturated heterocycles. The molecule has 0 amide bonds. The first-order chi connectivity index (χ1) is 14.2. The van der Waals surface area contributed by atoms with Crippen LogP contribution in [0.3, 0.4) is 0 Å². The zero-order valence-corrected chi connectivity index (χ0v) is 18.6. The SMILES string of the molecule is COc1ccc(C2Nc3cc(C)c(C)cc3NC3=C2C(=O)CC(C)(C)C3)cc1OC. The lowest BCUT2D eigenvalue weighted by Crippen LogP contribution is -2.31. The van der Waals surface area contributed by atoms with Crippen LogP contribution in [0.2, 0.25) is 0 Å². The van der Waals surface area contributed by atoms with Gasteiger partial charge in [-0.15, -0.1) is 0 Å². The predicted molar refractivity (Wildman–Crippen MR) is 120 cm³/mol. The monoisotopic (exact) mass is 406 g/mol. The van der Waals surface area contributed by atoms with Crippen LogP contribution in [0.4, 0.5) is 11.4 Å². The summed E-state index contributed by atoms with van der Waals surface area (Å²) in [5.74, 6) is 1.51. The van der Waals surface area contributed by atoms with E-state index in [4.69, 9.17) is 9.47 Å². The van der Waals surface area contributed by atoms with Crippen LogP contribution in [-0.4, -0.2) is 20.0 Å². The summed E-state index contributed by atoms with van der Waals surface area (Å²) in [5.41, 5.74) is 7.16. The van der Waals surface area contributed by atoms with E-state index in [-0.39, 0.29) is 17.2 Å². The largest absolute Gasteiger partial charge is 0.493 e. The third-order valence-corrected chi connectivity index (χ3v) is 6.17. The van der Waals surface area contributed by atoms with Crippen LogP contribution in [0.1, 0.15) is 49.4 Å². The lowest BCUT2D eigenvalue weighted by molar-refractivity contribution is -0.118. The Kier molecular flexibility index (Phi) is 5.00. The standard InChI is InChI=1S/C25H30N2O3/c1-14-9-17-18(10-15(14)2)27-24(16-7-8-21(29-5)22(11-16)30-6)23-19(26-17)12-25(3,4)13-20(23)28/h7-11,24,26-27H,12-13H2,1-6H3. The van der Waals surface area contributed by atoms with Crippen LogP contribution in [-0.2, 0) is 4.79 Å². The lowest BCUT2D eigenvalue weighted by Gasteiger charge is -2.34. The lowest BCUT2D eigenvalue weighted by atomic mass is 9.73. The van der Waals surface area contributed by atoms with Crippen LogP contribution >= 0.6 is 0 Å². The molecule has 0 aromatic heterocycles. The van der Waals surface area contributed by atoms with Gasteiger partial charge in [-0.05, 0) is 66.6 Å². The van der Waals surface area contributed by atoms with Gasteiger partial charge in [-0.2, -0.15) is 0 Å². The molecule has 30 heavy (non-hydrogen) atoms. The van der Waals surface area contributed by atoms with Gasteiger partial charge < -0.3 is 20.1 Å². The molecule has 2 N–H and O–H groups in total. The topological polar surface area (TPSA) is 59.6 Å². The molecule has 0 radical (unpaired) electrons. The van der Waals surface area contributed by atoms with Crippen LogP contribution in [0, 0.1) is 19.3 Å². The molecule has 0 spiro atoms. The minimum absolute atomic E-state index is 0.0741. The Bertz CT molecular complexity index is 1050. The average molecular weight is 407 g/mol. The third kappa shape index (κ3) is 3.53. The van der Waals surface area contributed by atoms with E-state index in [9.17, 15) is 4.79 Å². The van der Waals surface area contributed by atoms with Gasteiger partial charge in [0.1, 0.15) is 0 Å². The Morgan fingerprint density at radius 2 is 1.60 bits per heavy atom. The second kappa shape index (κ2) is 7.38. The van der Waals surface area contributed by atoms with Gasteiger partial charge in [0.2, 0.25) is 0 Å². The zero-order valence-electron chi connectivity index (χ0n) is 18.6. The average Bonchev–Trinajstić information content (AvgIpc) is 2.83. The highest BCUT2D eigenvalue weighted by molar-refractivity contribution is 6.01. The molecule has 0 saturated carbocycles. The van der Waals surface area contributed by atoms with Gasteiger partial charge in [-0.25, -0.2) is 0 Å². The number of ether oxygens (including phenoxy) is 2. The molecular formula is C25H30N2O3. The Morgan fingerprint density at radius 3 is 2.27 bits per heavy atom. The van der Waals surface area contributed by atoms with Crippen molar-refractivity contribution in [1.82, 2.24) is 0 Å². The first-order valence-corrected chi connectivity index (χ1v) is 10.4. The number of methoxy groups -OCH3 is 2. The first kappa shape index (κ1) is 20.3. The number of carbonyl (C=O) groups excluding carboxylic acids is 1. The van der Waals surface area contributed by atoms with Gasteiger partial charge in [-0.3, -0.25) is 4.79 Å². The van der Waals surface area contributed by atoms with E-state index < -0.39 is 0 Å².